The van der Waals surface area contributed by atoms with Crippen molar-refractivity contribution in [3.63, 3.8) is 0 Å². The Hall–Kier alpha value is 0.270. The van der Waals surface area contributed by atoms with E-state index < -0.39 is 0 Å². The minimum atomic E-state index is 0.864. The van der Waals surface area contributed by atoms with Crippen molar-refractivity contribution in [1.82, 2.24) is 4.90 Å². The minimum absolute atomic E-state index is 0.864. The van der Waals surface area contributed by atoms with Crippen LogP contribution in [0.1, 0.15) is 19.3 Å². The standard InChI is InChI=1S/C9H19NOS/c1-10(8-12)5-2-9-3-6-11-7-4-9/h9,12H,2-8H2,1H3. The normalized spacial score (nSPS) is 20.2. The average Bonchev–Trinajstić information content (AvgIpc) is 2.16. The lowest BCUT2D eigenvalue weighted by molar-refractivity contribution is 0.0616. The molecule has 1 saturated heterocycles. The zero-order valence-corrected chi connectivity index (χ0v) is 8.72. The van der Waals surface area contributed by atoms with Crippen LogP contribution in [0.5, 0.6) is 0 Å². The third-order valence-corrected chi connectivity index (χ3v) is 2.98. The number of rotatable bonds is 4. The number of nitrogens with zero attached hydrogens (tertiary/aromatic N) is 1. The van der Waals surface area contributed by atoms with E-state index in [0.29, 0.717) is 0 Å². The summed E-state index contributed by atoms with van der Waals surface area (Å²) < 4.78 is 5.30. The molecule has 1 heterocycles. The second-order valence-corrected chi connectivity index (χ2v) is 3.85. The van der Waals surface area contributed by atoms with Crippen molar-refractivity contribution >= 4 is 12.6 Å². The summed E-state index contributed by atoms with van der Waals surface area (Å²) in [5.74, 6) is 1.75. The van der Waals surface area contributed by atoms with Crippen LogP contribution in [0.3, 0.4) is 0 Å². The molecule has 0 unspecified atom stereocenters. The summed E-state index contributed by atoms with van der Waals surface area (Å²) in [5, 5.41) is 0. The van der Waals surface area contributed by atoms with Crippen molar-refractivity contribution in [2.75, 3.05) is 32.7 Å². The van der Waals surface area contributed by atoms with Crippen LogP contribution in [0.4, 0.5) is 0 Å². The van der Waals surface area contributed by atoms with E-state index in [1.165, 1.54) is 25.8 Å². The summed E-state index contributed by atoms with van der Waals surface area (Å²) in [6.45, 7) is 3.11. The first-order chi connectivity index (χ1) is 5.83. The fourth-order valence-corrected chi connectivity index (χ4v) is 1.65. The van der Waals surface area contributed by atoms with Crippen LogP contribution in [0.2, 0.25) is 0 Å². The second kappa shape index (κ2) is 5.84. The third kappa shape index (κ3) is 3.78. The number of ether oxygens (including phenoxy) is 1. The molecule has 0 radical (unpaired) electrons. The molecule has 0 aromatic rings. The zero-order chi connectivity index (χ0) is 8.81. The van der Waals surface area contributed by atoms with Gasteiger partial charge in [-0.05, 0) is 38.8 Å². The van der Waals surface area contributed by atoms with E-state index in [1.54, 1.807) is 0 Å². The van der Waals surface area contributed by atoms with E-state index in [0.717, 1.165) is 25.0 Å². The van der Waals surface area contributed by atoms with Crippen LogP contribution in [0, 0.1) is 5.92 Å². The summed E-state index contributed by atoms with van der Waals surface area (Å²) >= 11 is 4.21. The molecular weight excluding hydrogens is 170 g/mol. The van der Waals surface area contributed by atoms with Gasteiger partial charge in [-0.1, -0.05) is 0 Å². The Labute approximate surface area is 80.7 Å². The van der Waals surface area contributed by atoms with Crippen LogP contribution in [0.25, 0.3) is 0 Å². The molecule has 3 heteroatoms. The Kier molecular flexibility index (Phi) is 5.04. The fraction of sp³-hybridized carbons (Fsp3) is 1.00. The van der Waals surface area contributed by atoms with Crippen molar-refractivity contribution < 1.29 is 4.74 Å². The Bertz CT molecular complexity index is 115. The molecule has 0 amide bonds. The Morgan fingerprint density at radius 2 is 2.08 bits per heavy atom. The lowest BCUT2D eigenvalue weighted by atomic mass is 9.96. The van der Waals surface area contributed by atoms with Crippen LogP contribution in [0.15, 0.2) is 0 Å². The van der Waals surface area contributed by atoms with Gasteiger partial charge in [0.1, 0.15) is 0 Å². The SMILES string of the molecule is CN(CS)CCC1CCOCC1. The highest BCUT2D eigenvalue weighted by atomic mass is 32.1. The Morgan fingerprint density at radius 3 is 2.67 bits per heavy atom. The van der Waals surface area contributed by atoms with Gasteiger partial charge in [0.2, 0.25) is 0 Å². The predicted molar refractivity (Wildman–Crippen MR) is 54.6 cm³/mol. The van der Waals surface area contributed by atoms with Gasteiger partial charge in [-0.2, -0.15) is 12.6 Å². The van der Waals surface area contributed by atoms with Crippen molar-refractivity contribution in [3.05, 3.63) is 0 Å². The van der Waals surface area contributed by atoms with Crippen molar-refractivity contribution in [1.29, 1.82) is 0 Å². The van der Waals surface area contributed by atoms with Gasteiger partial charge in [0.25, 0.3) is 0 Å². The van der Waals surface area contributed by atoms with Crippen LogP contribution in [-0.2, 0) is 4.74 Å². The first-order valence-electron chi connectivity index (χ1n) is 4.70. The largest absolute Gasteiger partial charge is 0.381 e. The van der Waals surface area contributed by atoms with Gasteiger partial charge in [0, 0.05) is 19.1 Å². The van der Waals surface area contributed by atoms with Crippen molar-refractivity contribution in [3.8, 4) is 0 Å². The molecular formula is C9H19NOS. The molecule has 1 aliphatic heterocycles. The maximum Gasteiger partial charge on any atom is 0.0468 e. The van der Waals surface area contributed by atoms with E-state index in [9.17, 15) is 0 Å². The van der Waals surface area contributed by atoms with E-state index in [1.807, 2.05) is 0 Å². The van der Waals surface area contributed by atoms with E-state index in [-0.39, 0.29) is 0 Å². The molecule has 0 N–H and O–H groups in total. The summed E-state index contributed by atoms with van der Waals surface area (Å²) in [5.41, 5.74) is 0. The summed E-state index contributed by atoms with van der Waals surface area (Å²) in [7, 11) is 2.12. The van der Waals surface area contributed by atoms with Gasteiger partial charge in [-0.25, -0.2) is 0 Å². The van der Waals surface area contributed by atoms with Gasteiger partial charge >= 0.3 is 0 Å². The monoisotopic (exact) mass is 189 g/mol. The minimum Gasteiger partial charge on any atom is -0.381 e. The molecule has 1 rings (SSSR count). The molecule has 0 saturated carbocycles. The van der Waals surface area contributed by atoms with Crippen LogP contribution < -0.4 is 0 Å². The van der Waals surface area contributed by atoms with Crippen LogP contribution >= 0.6 is 12.6 Å². The third-order valence-electron chi connectivity index (χ3n) is 2.50. The molecule has 0 aromatic carbocycles. The van der Waals surface area contributed by atoms with Crippen molar-refractivity contribution in [2.45, 2.75) is 19.3 Å². The predicted octanol–water partition coefficient (Wildman–Crippen LogP) is 1.62. The van der Waals surface area contributed by atoms with E-state index in [2.05, 4.69) is 24.6 Å². The highest BCUT2D eigenvalue weighted by Crippen LogP contribution is 2.18. The van der Waals surface area contributed by atoms with Gasteiger partial charge in [0.15, 0.2) is 0 Å². The molecule has 2 nitrogen and oxygen atoms in total. The fourth-order valence-electron chi connectivity index (χ4n) is 1.51. The Morgan fingerprint density at radius 1 is 1.42 bits per heavy atom. The molecule has 12 heavy (non-hydrogen) atoms. The first kappa shape index (κ1) is 10.4. The molecule has 0 aromatic heterocycles. The number of hydrogen-bond acceptors (Lipinski definition) is 3. The second-order valence-electron chi connectivity index (χ2n) is 3.57. The summed E-state index contributed by atoms with van der Waals surface area (Å²) in [4.78, 5) is 2.25. The average molecular weight is 189 g/mol. The van der Waals surface area contributed by atoms with Crippen molar-refractivity contribution in [2.24, 2.45) is 5.92 Å². The summed E-state index contributed by atoms with van der Waals surface area (Å²) in [6, 6.07) is 0. The summed E-state index contributed by atoms with van der Waals surface area (Å²) in [6.07, 6.45) is 3.81. The number of thiol groups is 1. The number of hydrogen-bond donors (Lipinski definition) is 1. The molecule has 1 fully saturated rings. The molecule has 0 aliphatic carbocycles. The molecule has 1 aliphatic rings. The lowest BCUT2D eigenvalue weighted by Crippen LogP contribution is -2.23. The quantitative estimate of drug-likeness (QED) is 0.533. The van der Waals surface area contributed by atoms with Gasteiger partial charge in [-0.15, -0.1) is 0 Å². The van der Waals surface area contributed by atoms with E-state index >= 15 is 0 Å². The van der Waals surface area contributed by atoms with Gasteiger partial charge < -0.3 is 4.74 Å². The maximum absolute atomic E-state index is 5.30. The highest BCUT2D eigenvalue weighted by Gasteiger charge is 2.13. The lowest BCUT2D eigenvalue weighted by Gasteiger charge is -2.23. The molecule has 0 spiro atoms. The molecule has 72 valence electrons. The maximum atomic E-state index is 5.30. The smallest absolute Gasteiger partial charge is 0.0468 e. The molecule has 0 atom stereocenters. The van der Waals surface area contributed by atoms with Gasteiger partial charge in [0.05, 0.1) is 0 Å². The molecule has 0 bridgehead atoms. The topological polar surface area (TPSA) is 12.5 Å². The zero-order valence-electron chi connectivity index (χ0n) is 7.83. The van der Waals surface area contributed by atoms with E-state index in [4.69, 9.17) is 4.74 Å². The van der Waals surface area contributed by atoms with Crippen LogP contribution in [-0.4, -0.2) is 37.6 Å². The Balaban J connectivity index is 2.05. The van der Waals surface area contributed by atoms with Gasteiger partial charge in [-0.3, -0.25) is 4.90 Å². The highest BCUT2D eigenvalue weighted by molar-refractivity contribution is 7.80. The first-order valence-corrected chi connectivity index (χ1v) is 5.33.